The van der Waals surface area contributed by atoms with Crippen LogP contribution in [-0.2, 0) is 0 Å². The topological polar surface area (TPSA) is 35.8 Å². The van der Waals surface area contributed by atoms with Gasteiger partial charge in [0.05, 0.1) is 11.3 Å². The Morgan fingerprint density at radius 3 is 2.55 bits per heavy atom. The molecular formula is C18H14N2. The van der Waals surface area contributed by atoms with Crippen molar-refractivity contribution < 1.29 is 0 Å². The Hall–Kier alpha value is -2.79. The van der Waals surface area contributed by atoms with Gasteiger partial charge >= 0.3 is 0 Å². The van der Waals surface area contributed by atoms with E-state index in [1.54, 1.807) is 0 Å². The molecule has 0 heterocycles. The number of nitrogens with one attached hydrogen (secondary N) is 1. The number of rotatable bonds is 2. The van der Waals surface area contributed by atoms with E-state index in [9.17, 15) is 5.26 Å². The summed E-state index contributed by atoms with van der Waals surface area (Å²) >= 11 is 0. The van der Waals surface area contributed by atoms with E-state index in [0.29, 0.717) is 5.56 Å². The second-order valence-corrected chi connectivity index (χ2v) is 4.81. The highest BCUT2D eigenvalue weighted by atomic mass is 14.9. The van der Waals surface area contributed by atoms with Gasteiger partial charge in [-0.15, -0.1) is 0 Å². The molecule has 0 aromatic heterocycles. The van der Waals surface area contributed by atoms with E-state index in [1.165, 1.54) is 5.39 Å². The Labute approximate surface area is 118 Å². The Kier molecular flexibility index (Phi) is 3.10. The molecule has 3 aromatic carbocycles. The second kappa shape index (κ2) is 5.07. The quantitative estimate of drug-likeness (QED) is 0.719. The molecule has 0 bridgehead atoms. The minimum absolute atomic E-state index is 0.656. The van der Waals surface area contributed by atoms with Crippen LogP contribution in [0.15, 0.2) is 60.7 Å². The predicted octanol–water partition coefficient (Wildman–Crippen LogP) is 4.76. The first-order chi connectivity index (χ1) is 9.78. The molecule has 96 valence electrons. The van der Waals surface area contributed by atoms with Gasteiger partial charge in [0.25, 0.3) is 0 Å². The second-order valence-electron chi connectivity index (χ2n) is 4.81. The molecule has 0 amide bonds. The fraction of sp³-hybridized carbons (Fsp3) is 0.0556. The summed E-state index contributed by atoms with van der Waals surface area (Å²) in [5.74, 6) is 0. The SMILES string of the molecule is Cc1ccc(C#N)c(Nc2cccc3ccccc23)c1. The number of nitriles is 1. The predicted molar refractivity (Wildman–Crippen MR) is 83.1 cm³/mol. The molecule has 2 heteroatoms. The van der Waals surface area contributed by atoms with Crippen molar-refractivity contribution in [2.75, 3.05) is 5.32 Å². The Morgan fingerprint density at radius 1 is 0.900 bits per heavy atom. The van der Waals surface area contributed by atoms with Crippen LogP contribution in [0.5, 0.6) is 0 Å². The largest absolute Gasteiger partial charge is 0.354 e. The van der Waals surface area contributed by atoms with Crippen molar-refractivity contribution in [3.63, 3.8) is 0 Å². The van der Waals surface area contributed by atoms with Gasteiger partial charge in [-0.3, -0.25) is 0 Å². The van der Waals surface area contributed by atoms with Crippen LogP contribution in [0.4, 0.5) is 11.4 Å². The van der Waals surface area contributed by atoms with Gasteiger partial charge in [0.15, 0.2) is 0 Å². The molecule has 0 radical (unpaired) electrons. The zero-order chi connectivity index (χ0) is 13.9. The normalized spacial score (nSPS) is 10.2. The van der Waals surface area contributed by atoms with E-state index < -0.39 is 0 Å². The van der Waals surface area contributed by atoms with Crippen LogP contribution in [0.25, 0.3) is 10.8 Å². The number of hydrogen-bond acceptors (Lipinski definition) is 2. The van der Waals surface area contributed by atoms with Crippen LogP contribution in [0.3, 0.4) is 0 Å². The molecule has 3 aromatic rings. The zero-order valence-corrected chi connectivity index (χ0v) is 11.2. The van der Waals surface area contributed by atoms with Gasteiger partial charge in [-0.05, 0) is 36.1 Å². The van der Waals surface area contributed by atoms with Crippen molar-refractivity contribution in [2.45, 2.75) is 6.92 Å². The fourth-order valence-electron chi connectivity index (χ4n) is 2.34. The summed E-state index contributed by atoms with van der Waals surface area (Å²) in [6, 6.07) is 22.4. The van der Waals surface area contributed by atoms with Crippen LogP contribution in [-0.4, -0.2) is 0 Å². The highest BCUT2D eigenvalue weighted by Gasteiger charge is 2.05. The number of aryl methyl sites for hydroxylation is 1. The Morgan fingerprint density at radius 2 is 1.70 bits per heavy atom. The standard InChI is InChI=1S/C18H14N2/c1-13-9-10-15(12-19)18(11-13)20-17-8-4-6-14-5-2-3-7-16(14)17/h2-11,20H,1H3. The summed E-state index contributed by atoms with van der Waals surface area (Å²) in [5.41, 5.74) is 3.66. The van der Waals surface area contributed by atoms with E-state index in [0.717, 1.165) is 22.3 Å². The molecule has 0 aliphatic carbocycles. The highest BCUT2D eigenvalue weighted by molar-refractivity contribution is 5.95. The maximum atomic E-state index is 9.21. The third-order valence-corrected chi connectivity index (χ3v) is 3.35. The Balaban J connectivity index is 2.10. The maximum absolute atomic E-state index is 9.21. The first kappa shape index (κ1) is 12.3. The molecule has 3 rings (SSSR count). The third kappa shape index (κ3) is 2.22. The van der Waals surface area contributed by atoms with Crippen LogP contribution in [0.1, 0.15) is 11.1 Å². The van der Waals surface area contributed by atoms with Gasteiger partial charge in [-0.25, -0.2) is 0 Å². The van der Waals surface area contributed by atoms with Crippen LogP contribution in [0, 0.1) is 18.3 Å². The lowest BCUT2D eigenvalue weighted by atomic mass is 10.1. The van der Waals surface area contributed by atoms with E-state index in [2.05, 4.69) is 29.6 Å². The van der Waals surface area contributed by atoms with Crippen molar-refractivity contribution in [2.24, 2.45) is 0 Å². The van der Waals surface area contributed by atoms with Gasteiger partial charge in [-0.2, -0.15) is 5.26 Å². The summed E-state index contributed by atoms with van der Waals surface area (Å²) in [6.07, 6.45) is 0. The van der Waals surface area contributed by atoms with E-state index >= 15 is 0 Å². The average Bonchev–Trinajstić information content (AvgIpc) is 2.48. The summed E-state index contributed by atoms with van der Waals surface area (Å²) in [4.78, 5) is 0. The van der Waals surface area contributed by atoms with E-state index in [-0.39, 0.29) is 0 Å². The van der Waals surface area contributed by atoms with E-state index in [1.807, 2.05) is 49.4 Å². The highest BCUT2D eigenvalue weighted by Crippen LogP contribution is 2.28. The van der Waals surface area contributed by atoms with E-state index in [4.69, 9.17) is 0 Å². The lowest BCUT2D eigenvalue weighted by molar-refractivity contribution is 1.41. The summed E-state index contributed by atoms with van der Waals surface area (Å²) in [7, 11) is 0. The van der Waals surface area contributed by atoms with Crippen LogP contribution >= 0.6 is 0 Å². The molecule has 2 nitrogen and oxygen atoms in total. The molecule has 0 aliphatic heterocycles. The molecule has 0 unspecified atom stereocenters. The minimum atomic E-state index is 0.656. The molecule has 0 saturated carbocycles. The molecule has 20 heavy (non-hydrogen) atoms. The number of nitrogens with zero attached hydrogens (tertiary/aromatic N) is 1. The van der Waals surface area contributed by atoms with Gasteiger partial charge < -0.3 is 5.32 Å². The van der Waals surface area contributed by atoms with Gasteiger partial charge in [0.2, 0.25) is 0 Å². The molecular weight excluding hydrogens is 244 g/mol. The molecule has 1 N–H and O–H groups in total. The van der Waals surface area contributed by atoms with Gasteiger partial charge in [0.1, 0.15) is 6.07 Å². The molecule has 0 saturated heterocycles. The minimum Gasteiger partial charge on any atom is -0.354 e. The maximum Gasteiger partial charge on any atom is 0.101 e. The van der Waals surface area contributed by atoms with Gasteiger partial charge in [-0.1, -0.05) is 42.5 Å². The third-order valence-electron chi connectivity index (χ3n) is 3.35. The van der Waals surface area contributed by atoms with Crippen molar-refractivity contribution >= 4 is 22.1 Å². The number of hydrogen-bond donors (Lipinski definition) is 1. The van der Waals surface area contributed by atoms with Crippen LogP contribution < -0.4 is 5.32 Å². The summed E-state index contributed by atoms with van der Waals surface area (Å²) < 4.78 is 0. The van der Waals surface area contributed by atoms with Crippen LogP contribution in [0.2, 0.25) is 0 Å². The monoisotopic (exact) mass is 258 g/mol. The molecule has 0 atom stereocenters. The summed E-state index contributed by atoms with van der Waals surface area (Å²) in [6.45, 7) is 2.02. The first-order valence-electron chi connectivity index (χ1n) is 6.53. The average molecular weight is 258 g/mol. The zero-order valence-electron chi connectivity index (χ0n) is 11.2. The van der Waals surface area contributed by atoms with Crippen molar-refractivity contribution in [3.8, 4) is 6.07 Å². The van der Waals surface area contributed by atoms with Crippen molar-refractivity contribution in [1.82, 2.24) is 0 Å². The molecule has 0 aliphatic rings. The smallest absolute Gasteiger partial charge is 0.101 e. The fourth-order valence-corrected chi connectivity index (χ4v) is 2.34. The Bertz CT molecular complexity index is 808. The van der Waals surface area contributed by atoms with Crippen molar-refractivity contribution in [1.29, 1.82) is 5.26 Å². The number of anilines is 2. The van der Waals surface area contributed by atoms with Crippen molar-refractivity contribution in [3.05, 3.63) is 71.8 Å². The molecule has 0 fully saturated rings. The number of fused-ring (bicyclic) bond motifs is 1. The molecule has 0 spiro atoms. The lowest BCUT2D eigenvalue weighted by Gasteiger charge is -2.11. The lowest BCUT2D eigenvalue weighted by Crippen LogP contribution is -1.95. The van der Waals surface area contributed by atoms with Gasteiger partial charge in [0, 0.05) is 11.1 Å². The number of benzene rings is 3. The first-order valence-corrected chi connectivity index (χ1v) is 6.53. The summed E-state index contributed by atoms with van der Waals surface area (Å²) in [5, 5.41) is 14.9.